The second-order valence-electron chi connectivity index (χ2n) is 19.1. The molecule has 3 aliphatic heterocycles. The number of carbonyl (C=O) groups is 5. The summed E-state index contributed by atoms with van der Waals surface area (Å²) < 4.78 is 41.6. The number of amides is 3. The van der Waals surface area contributed by atoms with E-state index in [1.165, 1.54) is 48.5 Å². The van der Waals surface area contributed by atoms with Crippen molar-refractivity contribution in [3.8, 4) is 28.7 Å². The minimum atomic E-state index is -4.03. The number of carboxylic acids is 1. The molecular weight excluding hydrogens is 1070 g/mol. The highest BCUT2D eigenvalue weighted by atomic mass is 32.2. The van der Waals surface area contributed by atoms with E-state index < -0.39 is 80.4 Å². The second kappa shape index (κ2) is 22.1. The molecule has 23 nitrogen and oxygen atoms in total. The topological polar surface area (TPSA) is 330 Å². The Balaban J connectivity index is 0.769. The summed E-state index contributed by atoms with van der Waals surface area (Å²) in [7, 11) is -4.03. The third kappa shape index (κ3) is 10.9. The Morgan fingerprint density at radius 3 is 2.21 bits per heavy atom. The van der Waals surface area contributed by atoms with E-state index in [1.54, 1.807) is 66.7 Å². The summed E-state index contributed by atoms with van der Waals surface area (Å²) in [6.45, 7) is -0.418. The van der Waals surface area contributed by atoms with Crippen LogP contribution in [0.25, 0.3) is 16.5 Å². The number of para-hydroxylation sites is 1. The molecule has 3 atom stereocenters. The summed E-state index contributed by atoms with van der Waals surface area (Å²) >= 11 is 5.54. The highest BCUT2D eigenvalue weighted by Gasteiger charge is 2.54. The van der Waals surface area contributed by atoms with Gasteiger partial charge in [0.1, 0.15) is 35.1 Å². The Bertz CT molecular complexity index is 3860. The molecule has 1 fully saturated rings. The van der Waals surface area contributed by atoms with Crippen LogP contribution in [0.1, 0.15) is 69.6 Å². The Labute approximate surface area is 459 Å². The van der Waals surface area contributed by atoms with E-state index in [-0.39, 0.29) is 89.6 Å². The number of ether oxygens (including phenoxy) is 2. The second-order valence-corrected chi connectivity index (χ2v) is 21.2. The third-order valence-electron chi connectivity index (χ3n) is 13.8. The van der Waals surface area contributed by atoms with Crippen LogP contribution in [0.4, 0.5) is 5.69 Å². The predicted octanol–water partition coefficient (Wildman–Crippen LogP) is 3.85. The van der Waals surface area contributed by atoms with E-state index in [1.807, 2.05) is 12.1 Å². The number of thiocarbonyl (C=S) groups is 1. The van der Waals surface area contributed by atoms with Crippen molar-refractivity contribution in [3.63, 3.8) is 0 Å². The predicted molar refractivity (Wildman–Crippen MR) is 291 cm³/mol. The summed E-state index contributed by atoms with van der Waals surface area (Å²) in [5.74, 6) is -4.39. The number of H-pyrrole nitrogens is 1. The lowest BCUT2D eigenvalue weighted by Crippen LogP contribution is -2.52. The number of esters is 1. The number of nitrogens with zero attached hydrogens (tertiary/aromatic N) is 3. The first-order valence-electron chi connectivity index (χ1n) is 25.1. The summed E-state index contributed by atoms with van der Waals surface area (Å²) in [6, 6.07) is 29.7. The highest BCUT2D eigenvalue weighted by Crippen LogP contribution is 2.57. The maximum absolute atomic E-state index is 14.3. The fraction of sp³-hybridized carbons (Fsp3) is 0.218. The number of hydrogen-bond donors (Lipinski definition) is 9. The van der Waals surface area contributed by atoms with Gasteiger partial charge in [-0.3, -0.25) is 24.2 Å². The number of likely N-dealkylation sites (tertiary alicyclic amines) is 1. The van der Waals surface area contributed by atoms with Gasteiger partial charge in [0.15, 0.2) is 10.7 Å². The number of aromatic amines is 1. The molecule has 6 aromatic carbocycles. The zero-order chi connectivity index (χ0) is 56.5. The Morgan fingerprint density at radius 1 is 0.812 bits per heavy atom. The lowest BCUT2D eigenvalue weighted by molar-refractivity contribution is -0.142. The normalized spacial score (nSPS) is 16.1. The standard InChI is InChI=1S/C55H49N9O14S2/c65-35-15-19-40-44(27-35)77-45-28-36(66)16-20-41(45)55(40)39-18-14-32(25-38(39)52(73)78-55)59-53(79)56-22-7-6-12-42(51(71)72)60-48(68)43-26-33(29-63(43)50(70)47-49(69)61-54(74)64(62-47)34-10-2-1-3-11-34)58-46(67)21-23-57-80(75,76)37-17-13-30-8-4-5-9-31(30)24-37/h1-5,8-11,13-20,24-25,27-28,33,42-43,57,65-66H,6-7,12,21-23,26,29H2,(H,58,67)(H,60,68)(H,71,72)(H2,56,59,79)(H,61,69,74)/t33-,42+,43+/m0/s1. The molecule has 0 saturated carbocycles. The molecule has 4 heterocycles. The molecule has 0 aliphatic carbocycles. The number of hydrogen-bond acceptors (Lipinski definition) is 15. The Hall–Kier alpha value is -9.46. The number of aliphatic carboxylic acids is 1. The molecule has 3 amide bonds. The van der Waals surface area contributed by atoms with Gasteiger partial charge in [0, 0.05) is 66.6 Å². The number of aromatic nitrogens is 3. The number of fused-ring (bicyclic) bond motifs is 7. The lowest BCUT2D eigenvalue weighted by Gasteiger charge is -2.36. The van der Waals surface area contributed by atoms with Crippen LogP contribution in [0.5, 0.6) is 23.0 Å². The third-order valence-corrected chi connectivity index (χ3v) is 15.5. The molecule has 9 N–H and O–H groups in total. The number of sulfonamides is 1. The average Bonchev–Trinajstić information content (AvgIpc) is 4.18. The number of phenols is 2. The van der Waals surface area contributed by atoms with Gasteiger partial charge in [-0.05, 0) is 109 Å². The molecule has 25 heteroatoms. The monoisotopic (exact) mass is 1120 g/mol. The first-order valence-corrected chi connectivity index (χ1v) is 27.0. The number of benzene rings is 6. The maximum atomic E-state index is 14.3. The number of unbranched alkanes of at least 4 members (excludes halogenated alkanes) is 1. The van der Waals surface area contributed by atoms with Gasteiger partial charge in [0.05, 0.1) is 16.1 Å². The molecule has 410 valence electrons. The van der Waals surface area contributed by atoms with Crippen LogP contribution in [-0.4, -0.2) is 116 Å². The number of anilines is 1. The SMILES string of the molecule is O=C(CCNS(=O)(=O)c1ccc2ccccc2c1)N[C@H]1C[C@H](C(=O)N[C@H](CCCCNC(=S)Nc2ccc3c(c2)C(=O)OC32c3ccc(O)cc3Oc3cc(O)ccc32)C(=O)O)N(C(=O)c2nn(-c3ccccc3)c(=O)[nH]c2=O)C1. The van der Waals surface area contributed by atoms with Gasteiger partial charge in [-0.1, -0.05) is 54.6 Å². The number of nitrogens with one attached hydrogen (secondary N) is 6. The van der Waals surface area contributed by atoms with E-state index >= 15 is 0 Å². The molecule has 10 rings (SSSR count). The molecule has 0 radical (unpaired) electrons. The molecule has 7 aromatic rings. The molecule has 0 unspecified atom stereocenters. The summed E-state index contributed by atoms with van der Waals surface area (Å²) in [5, 5.41) is 47.7. The fourth-order valence-corrected chi connectivity index (χ4v) is 11.3. The zero-order valence-electron chi connectivity index (χ0n) is 42.0. The highest BCUT2D eigenvalue weighted by molar-refractivity contribution is 7.89. The van der Waals surface area contributed by atoms with Crippen molar-refractivity contribution in [2.24, 2.45) is 0 Å². The maximum Gasteiger partial charge on any atom is 0.349 e. The van der Waals surface area contributed by atoms with Crippen LogP contribution in [-0.2, 0) is 34.7 Å². The molecular formula is C55H49N9O14S2. The van der Waals surface area contributed by atoms with E-state index in [9.17, 15) is 57.3 Å². The molecule has 3 aliphatic rings. The molecule has 1 aromatic heterocycles. The van der Waals surface area contributed by atoms with Crippen molar-refractivity contribution in [1.82, 2.24) is 40.3 Å². The van der Waals surface area contributed by atoms with Crippen LogP contribution in [0.15, 0.2) is 142 Å². The minimum Gasteiger partial charge on any atom is -0.508 e. The zero-order valence-corrected chi connectivity index (χ0v) is 43.6. The Morgan fingerprint density at radius 2 is 1.50 bits per heavy atom. The number of phenolic OH excluding ortho intramolecular Hbond substituents is 2. The number of aromatic hydroxyl groups is 2. The fourth-order valence-electron chi connectivity index (χ4n) is 10.0. The molecule has 1 spiro atoms. The van der Waals surface area contributed by atoms with Gasteiger partial charge >= 0.3 is 17.6 Å². The first kappa shape index (κ1) is 53.9. The van der Waals surface area contributed by atoms with E-state index in [0.29, 0.717) is 34.2 Å². The van der Waals surface area contributed by atoms with Gasteiger partial charge in [-0.25, -0.2) is 27.5 Å². The van der Waals surface area contributed by atoms with Crippen molar-refractivity contribution < 1.29 is 57.2 Å². The summed E-state index contributed by atoms with van der Waals surface area (Å²) in [5.41, 5.74) is -2.05. The van der Waals surface area contributed by atoms with E-state index in [0.717, 1.165) is 15.0 Å². The van der Waals surface area contributed by atoms with Crippen molar-refractivity contribution in [3.05, 3.63) is 176 Å². The largest absolute Gasteiger partial charge is 0.508 e. The van der Waals surface area contributed by atoms with Gasteiger partial charge < -0.3 is 51.0 Å². The van der Waals surface area contributed by atoms with E-state index in [4.69, 9.17) is 21.7 Å². The molecule has 0 bridgehead atoms. The van der Waals surface area contributed by atoms with Crippen LogP contribution in [0.2, 0.25) is 0 Å². The van der Waals surface area contributed by atoms with Crippen molar-refractivity contribution in [1.29, 1.82) is 0 Å². The van der Waals surface area contributed by atoms with Crippen LogP contribution in [0, 0.1) is 0 Å². The van der Waals surface area contributed by atoms with Gasteiger partial charge in [0.2, 0.25) is 27.5 Å². The van der Waals surface area contributed by atoms with Crippen molar-refractivity contribution in [2.45, 2.75) is 60.7 Å². The van der Waals surface area contributed by atoms with Crippen molar-refractivity contribution >= 4 is 73.5 Å². The number of carboxylic acid groups (broad SMARTS) is 1. The van der Waals surface area contributed by atoms with Crippen LogP contribution in [0.3, 0.4) is 0 Å². The minimum absolute atomic E-state index is 0.00642. The summed E-state index contributed by atoms with van der Waals surface area (Å²) in [6.07, 6.45) is -0.0588. The van der Waals surface area contributed by atoms with Crippen LogP contribution >= 0.6 is 12.2 Å². The molecule has 80 heavy (non-hydrogen) atoms. The lowest BCUT2D eigenvalue weighted by atomic mass is 9.77. The van der Waals surface area contributed by atoms with Crippen LogP contribution < -0.4 is 42.0 Å². The van der Waals surface area contributed by atoms with Gasteiger partial charge in [-0.2, -0.15) is 9.78 Å². The quantitative estimate of drug-likeness (QED) is 0.0355. The first-order chi connectivity index (χ1) is 38.4. The molecule has 1 saturated heterocycles. The smallest absolute Gasteiger partial charge is 0.349 e. The number of carbonyl (C=O) groups excluding carboxylic acids is 4. The number of rotatable bonds is 17. The van der Waals surface area contributed by atoms with Crippen molar-refractivity contribution in [2.75, 3.05) is 25.0 Å². The van der Waals surface area contributed by atoms with Gasteiger partial charge in [0.25, 0.3) is 11.5 Å². The Kier molecular flexibility index (Phi) is 14.9. The van der Waals surface area contributed by atoms with Gasteiger partial charge in [-0.15, -0.1) is 0 Å². The summed E-state index contributed by atoms with van der Waals surface area (Å²) in [4.78, 5) is 96.8. The average molecular weight is 1120 g/mol. The van der Waals surface area contributed by atoms with E-state index in [2.05, 4.69) is 36.1 Å².